The summed E-state index contributed by atoms with van der Waals surface area (Å²) in [4.78, 5) is 17.0. The van der Waals surface area contributed by atoms with Gasteiger partial charge in [0.05, 0.1) is 17.3 Å². The number of carboxylic acid groups (broad SMARTS) is 1. The van der Waals surface area contributed by atoms with Crippen LogP contribution in [-0.2, 0) is 4.79 Å². The summed E-state index contributed by atoms with van der Waals surface area (Å²) in [5, 5.41) is 8.99. The summed E-state index contributed by atoms with van der Waals surface area (Å²) < 4.78 is 0. The highest BCUT2D eigenvalue weighted by Crippen LogP contribution is 2.22. The fourth-order valence-electron chi connectivity index (χ4n) is 1.26. The van der Waals surface area contributed by atoms with Crippen LogP contribution < -0.4 is 4.90 Å². The molecular formula is C12H18N2O2. The van der Waals surface area contributed by atoms with E-state index in [4.69, 9.17) is 5.11 Å². The standard InChI is InChI=1S/C12H18N2O2/c1-12(2,11(15)16)6-8-14(3)10-5-4-7-13-9-10/h4-5,7,9H,6,8H2,1-3H3,(H,15,16). The third kappa shape index (κ3) is 3.22. The summed E-state index contributed by atoms with van der Waals surface area (Å²) in [7, 11) is 1.94. The number of aliphatic carboxylic acids is 1. The Morgan fingerprint density at radius 1 is 1.56 bits per heavy atom. The van der Waals surface area contributed by atoms with Gasteiger partial charge in [0.1, 0.15) is 0 Å². The Morgan fingerprint density at radius 3 is 2.75 bits per heavy atom. The molecule has 0 aliphatic heterocycles. The SMILES string of the molecule is CN(CCC(C)(C)C(=O)O)c1cccnc1. The number of pyridine rings is 1. The highest BCUT2D eigenvalue weighted by molar-refractivity contribution is 5.73. The van der Waals surface area contributed by atoms with Crippen molar-refractivity contribution in [1.82, 2.24) is 4.98 Å². The Bertz CT molecular complexity index is 349. The van der Waals surface area contributed by atoms with E-state index in [2.05, 4.69) is 4.98 Å². The quantitative estimate of drug-likeness (QED) is 0.828. The van der Waals surface area contributed by atoms with Crippen LogP contribution in [0, 0.1) is 5.41 Å². The Hall–Kier alpha value is -1.58. The van der Waals surface area contributed by atoms with Gasteiger partial charge in [-0.1, -0.05) is 0 Å². The lowest BCUT2D eigenvalue weighted by atomic mass is 9.89. The number of anilines is 1. The van der Waals surface area contributed by atoms with Crippen molar-refractivity contribution in [2.24, 2.45) is 5.41 Å². The van der Waals surface area contributed by atoms with E-state index in [0.717, 1.165) is 5.69 Å². The highest BCUT2D eigenvalue weighted by atomic mass is 16.4. The number of aromatic nitrogens is 1. The molecule has 0 radical (unpaired) electrons. The molecule has 0 spiro atoms. The Labute approximate surface area is 95.9 Å². The maximum absolute atomic E-state index is 10.9. The average molecular weight is 222 g/mol. The van der Waals surface area contributed by atoms with E-state index in [-0.39, 0.29) is 0 Å². The van der Waals surface area contributed by atoms with Gasteiger partial charge in [-0.3, -0.25) is 9.78 Å². The molecule has 1 rings (SSSR count). The molecule has 0 bridgehead atoms. The highest BCUT2D eigenvalue weighted by Gasteiger charge is 2.26. The second-order valence-electron chi connectivity index (χ2n) is 4.57. The third-order valence-corrected chi connectivity index (χ3v) is 2.74. The van der Waals surface area contributed by atoms with E-state index in [1.54, 1.807) is 26.2 Å². The van der Waals surface area contributed by atoms with Crippen molar-refractivity contribution in [3.63, 3.8) is 0 Å². The maximum Gasteiger partial charge on any atom is 0.309 e. The summed E-state index contributed by atoms with van der Waals surface area (Å²) in [5.74, 6) is -0.757. The van der Waals surface area contributed by atoms with Gasteiger partial charge in [0.25, 0.3) is 0 Å². The largest absolute Gasteiger partial charge is 0.481 e. The first-order valence-electron chi connectivity index (χ1n) is 5.28. The normalized spacial score (nSPS) is 11.2. The lowest BCUT2D eigenvalue weighted by Crippen LogP contribution is -2.30. The van der Waals surface area contributed by atoms with E-state index >= 15 is 0 Å². The van der Waals surface area contributed by atoms with Gasteiger partial charge in [-0.05, 0) is 32.4 Å². The van der Waals surface area contributed by atoms with Crippen LogP contribution in [0.4, 0.5) is 5.69 Å². The van der Waals surface area contributed by atoms with Crippen LogP contribution in [0.5, 0.6) is 0 Å². The molecule has 0 fully saturated rings. The molecular weight excluding hydrogens is 204 g/mol. The van der Waals surface area contributed by atoms with Crippen molar-refractivity contribution in [1.29, 1.82) is 0 Å². The first kappa shape index (κ1) is 12.5. The number of hydrogen-bond donors (Lipinski definition) is 1. The van der Waals surface area contributed by atoms with Crippen LogP contribution >= 0.6 is 0 Å². The van der Waals surface area contributed by atoms with E-state index < -0.39 is 11.4 Å². The van der Waals surface area contributed by atoms with Gasteiger partial charge < -0.3 is 10.0 Å². The number of nitrogens with zero attached hydrogens (tertiary/aromatic N) is 2. The van der Waals surface area contributed by atoms with Crippen molar-refractivity contribution in [3.8, 4) is 0 Å². The molecule has 0 atom stereocenters. The lowest BCUT2D eigenvalue weighted by Gasteiger charge is -2.24. The van der Waals surface area contributed by atoms with E-state index in [1.807, 2.05) is 24.1 Å². The number of rotatable bonds is 5. The molecule has 1 heterocycles. The molecule has 0 unspecified atom stereocenters. The van der Waals surface area contributed by atoms with Crippen LogP contribution in [0.25, 0.3) is 0 Å². The molecule has 0 aromatic carbocycles. The minimum Gasteiger partial charge on any atom is -0.481 e. The minimum atomic E-state index is -0.757. The summed E-state index contributed by atoms with van der Waals surface area (Å²) >= 11 is 0. The van der Waals surface area contributed by atoms with Gasteiger partial charge in [-0.25, -0.2) is 0 Å². The molecule has 4 heteroatoms. The first-order valence-corrected chi connectivity index (χ1v) is 5.28. The predicted molar refractivity (Wildman–Crippen MR) is 63.5 cm³/mol. The molecule has 0 amide bonds. The van der Waals surface area contributed by atoms with Crippen molar-refractivity contribution >= 4 is 11.7 Å². The van der Waals surface area contributed by atoms with E-state index in [0.29, 0.717) is 13.0 Å². The van der Waals surface area contributed by atoms with Crippen LogP contribution in [0.15, 0.2) is 24.5 Å². The first-order chi connectivity index (χ1) is 7.43. The molecule has 1 aromatic rings. The fourth-order valence-corrected chi connectivity index (χ4v) is 1.26. The van der Waals surface area contributed by atoms with Gasteiger partial charge in [-0.15, -0.1) is 0 Å². The van der Waals surface area contributed by atoms with Crippen molar-refractivity contribution < 1.29 is 9.90 Å². The number of carbonyl (C=O) groups is 1. The van der Waals surface area contributed by atoms with Crippen molar-refractivity contribution in [2.45, 2.75) is 20.3 Å². The second kappa shape index (κ2) is 4.96. The van der Waals surface area contributed by atoms with Crippen LogP contribution in [-0.4, -0.2) is 29.7 Å². The Morgan fingerprint density at radius 2 is 2.25 bits per heavy atom. The molecule has 1 N–H and O–H groups in total. The third-order valence-electron chi connectivity index (χ3n) is 2.74. The van der Waals surface area contributed by atoms with Gasteiger partial charge in [0.15, 0.2) is 0 Å². The minimum absolute atomic E-state index is 0.605. The summed E-state index contributed by atoms with van der Waals surface area (Å²) in [6.45, 7) is 4.18. The van der Waals surface area contributed by atoms with E-state index in [1.165, 1.54) is 0 Å². The van der Waals surface area contributed by atoms with Gasteiger partial charge in [-0.2, -0.15) is 0 Å². The smallest absolute Gasteiger partial charge is 0.309 e. The molecule has 0 aliphatic carbocycles. The van der Waals surface area contributed by atoms with Crippen LogP contribution in [0.2, 0.25) is 0 Å². The molecule has 0 aliphatic rings. The summed E-state index contributed by atoms with van der Waals surface area (Å²) in [5.41, 5.74) is 0.319. The zero-order valence-corrected chi connectivity index (χ0v) is 9.97. The Kier molecular flexibility index (Phi) is 3.88. The summed E-state index contributed by atoms with van der Waals surface area (Å²) in [6, 6.07) is 3.83. The Balaban J connectivity index is 2.54. The van der Waals surface area contributed by atoms with E-state index in [9.17, 15) is 4.79 Å². The molecule has 88 valence electrons. The van der Waals surface area contributed by atoms with Crippen molar-refractivity contribution in [2.75, 3.05) is 18.5 Å². The molecule has 16 heavy (non-hydrogen) atoms. The summed E-state index contributed by atoms with van der Waals surface area (Å²) in [6.07, 6.45) is 4.10. The number of carboxylic acids is 1. The van der Waals surface area contributed by atoms with Crippen molar-refractivity contribution in [3.05, 3.63) is 24.5 Å². The fraction of sp³-hybridized carbons (Fsp3) is 0.500. The predicted octanol–water partition coefficient (Wildman–Crippen LogP) is 2.02. The molecule has 0 saturated carbocycles. The van der Waals surface area contributed by atoms with Crippen LogP contribution in [0.1, 0.15) is 20.3 Å². The zero-order valence-electron chi connectivity index (χ0n) is 9.97. The molecule has 1 aromatic heterocycles. The molecule has 0 saturated heterocycles. The molecule has 4 nitrogen and oxygen atoms in total. The number of hydrogen-bond acceptors (Lipinski definition) is 3. The van der Waals surface area contributed by atoms with Gasteiger partial charge in [0, 0.05) is 19.8 Å². The maximum atomic E-state index is 10.9. The topological polar surface area (TPSA) is 53.4 Å². The van der Waals surface area contributed by atoms with Gasteiger partial charge in [0.2, 0.25) is 0 Å². The van der Waals surface area contributed by atoms with Crippen LogP contribution in [0.3, 0.4) is 0 Å². The second-order valence-corrected chi connectivity index (χ2v) is 4.57. The monoisotopic (exact) mass is 222 g/mol. The van der Waals surface area contributed by atoms with Gasteiger partial charge >= 0.3 is 5.97 Å². The zero-order chi connectivity index (χ0) is 12.2. The average Bonchev–Trinajstić information content (AvgIpc) is 2.27. The lowest BCUT2D eigenvalue weighted by molar-refractivity contribution is -0.147.